The molecule has 0 bridgehead atoms. The lowest BCUT2D eigenvalue weighted by Gasteiger charge is -2.34. The summed E-state index contributed by atoms with van der Waals surface area (Å²) in [7, 11) is 0. The van der Waals surface area contributed by atoms with E-state index in [4.69, 9.17) is 4.98 Å². The van der Waals surface area contributed by atoms with Crippen LogP contribution in [0.4, 0.5) is 17.3 Å². The molecule has 0 saturated heterocycles. The predicted molar refractivity (Wildman–Crippen MR) is 89.3 cm³/mol. The van der Waals surface area contributed by atoms with E-state index in [2.05, 4.69) is 60.5 Å². The lowest BCUT2D eigenvalue weighted by molar-refractivity contribution is 0.560. The number of anilines is 3. The maximum atomic E-state index is 4.78. The molecule has 110 valence electrons. The van der Waals surface area contributed by atoms with Gasteiger partial charge in [-0.05, 0) is 42.5 Å². The highest BCUT2D eigenvalue weighted by atomic mass is 15.2. The maximum Gasteiger partial charge on any atom is 0.135 e. The summed E-state index contributed by atoms with van der Waals surface area (Å²) in [6, 6.07) is 14.9. The van der Waals surface area contributed by atoms with Crippen LogP contribution >= 0.6 is 0 Å². The number of para-hydroxylation sites is 1. The lowest BCUT2D eigenvalue weighted by atomic mass is 9.94. The summed E-state index contributed by atoms with van der Waals surface area (Å²) >= 11 is 0. The molecule has 3 rings (SSSR count). The highest BCUT2D eigenvalue weighted by Crippen LogP contribution is 2.34. The second-order valence-corrected chi connectivity index (χ2v) is 5.86. The van der Waals surface area contributed by atoms with Gasteiger partial charge in [-0.3, -0.25) is 0 Å². The number of pyridine rings is 1. The van der Waals surface area contributed by atoms with Crippen molar-refractivity contribution in [1.82, 2.24) is 4.98 Å². The number of hydrogen-bond acceptors (Lipinski definition) is 3. The average molecular weight is 281 g/mol. The Bertz CT molecular complexity index is 609. The monoisotopic (exact) mass is 281 g/mol. The first kappa shape index (κ1) is 13.9. The number of fused-ring (bicyclic) bond motifs is 1. The van der Waals surface area contributed by atoms with Crippen molar-refractivity contribution in [2.45, 2.75) is 26.7 Å². The normalized spacial score (nSPS) is 17.4. The Labute approximate surface area is 127 Å². The highest BCUT2D eigenvalue weighted by Gasteiger charge is 2.23. The largest absolute Gasteiger partial charge is 0.370 e. The van der Waals surface area contributed by atoms with Crippen LogP contribution in [0.3, 0.4) is 0 Å². The highest BCUT2D eigenvalue weighted by molar-refractivity contribution is 5.66. The van der Waals surface area contributed by atoms with Crippen molar-refractivity contribution in [3.05, 3.63) is 48.0 Å². The van der Waals surface area contributed by atoms with Gasteiger partial charge in [0, 0.05) is 18.8 Å². The molecule has 0 spiro atoms. The summed E-state index contributed by atoms with van der Waals surface area (Å²) < 4.78 is 0. The van der Waals surface area contributed by atoms with E-state index in [1.165, 1.54) is 11.3 Å². The Kier molecular flexibility index (Phi) is 4.09. The van der Waals surface area contributed by atoms with Crippen LogP contribution in [0.25, 0.3) is 0 Å². The first-order valence-electron chi connectivity index (χ1n) is 7.84. The van der Waals surface area contributed by atoms with Crippen molar-refractivity contribution >= 4 is 17.3 Å². The SMILES string of the molecule is CCCNc1cccc(N2CC(C)Cc3ccccc32)n1. The van der Waals surface area contributed by atoms with Crippen molar-refractivity contribution < 1.29 is 0 Å². The van der Waals surface area contributed by atoms with Crippen molar-refractivity contribution in [3.63, 3.8) is 0 Å². The number of hydrogen-bond donors (Lipinski definition) is 1. The Morgan fingerprint density at radius 1 is 1.19 bits per heavy atom. The molecule has 0 fully saturated rings. The molecule has 0 amide bonds. The third-order valence-electron chi connectivity index (χ3n) is 3.91. The van der Waals surface area contributed by atoms with E-state index in [1.54, 1.807) is 0 Å². The fourth-order valence-electron chi connectivity index (χ4n) is 2.94. The van der Waals surface area contributed by atoms with Gasteiger partial charge in [-0.15, -0.1) is 0 Å². The Morgan fingerprint density at radius 3 is 2.90 bits per heavy atom. The molecule has 0 aliphatic carbocycles. The molecule has 0 saturated carbocycles. The van der Waals surface area contributed by atoms with Gasteiger partial charge in [0.15, 0.2) is 0 Å². The minimum Gasteiger partial charge on any atom is -0.370 e. The molecule has 1 aromatic carbocycles. The molecule has 1 aliphatic rings. The average Bonchev–Trinajstić information content (AvgIpc) is 2.52. The van der Waals surface area contributed by atoms with Gasteiger partial charge >= 0.3 is 0 Å². The summed E-state index contributed by atoms with van der Waals surface area (Å²) in [4.78, 5) is 7.13. The van der Waals surface area contributed by atoms with Crippen LogP contribution in [0.2, 0.25) is 0 Å². The third-order valence-corrected chi connectivity index (χ3v) is 3.91. The molecule has 2 heterocycles. The summed E-state index contributed by atoms with van der Waals surface area (Å²) in [5.74, 6) is 2.65. The fourth-order valence-corrected chi connectivity index (χ4v) is 2.94. The van der Waals surface area contributed by atoms with Crippen LogP contribution in [0.5, 0.6) is 0 Å². The zero-order valence-corrected chi connectivity index (χ0v) is 12.8. The van der Waals surface area contributed by atoms with E-state index in [0.29, 0.717) is 5.92 Å². The molecule has 21 heavy (non-hydrogen) atoms. The maximum absolute atomic E-state index is 4.78. The van der Waals surface area contributed by atoms with Crippen molar-refractivity contribution in [1.29, 1.82) is 0 Å². The minimum absolute atomic E-state index is 0.647. The van der Waals surface area contributed by atoms with Crippen LogP contribution in [0.1, 0.15) is 25.8 Å². The summed E-state index contributed by atoms with van der Waals surface area (Å²) in [5.41, 5.74) is 2.72. The number of nitrogens with one attached hydrogen (secondary N) is 1. The first-order valence-corrected chi connectivity index (χ1v) is 7.84. The van der Waals surface area contributed by atoms with Gasteiger partial charge in [0.05, 0.1) is 0 Å². The molecule has 1 N–H and O–H groups in total. The van der Waals surface area contributed by atoms with Gasteiger partial charge in [0.2, 0.25) is 0 Å². The third kappa shape index (κ3) is 3.02. The van der Waals surface area contributed by atoms with E-state index in [9.17, 15) is 0 Å². The number of benzene rings is 1. The first-order chi connectivity index (χ1) is 10.3. The van der Waals surface area contributed by atoms with Gasteiger partial charge in [0.1, 0.15) is 11.6 Å². The molecular formula is C18H23N3. The van der Waals surface area contributed by atoms with E-state index in [-0.39, 0.29) is 0 Å². The summed E-state index contributed by atoms with van der Waals surface area (Å²) in [5, 5.41) is 3.37. The van der Waals surface area contributed by atoms with E-state index >= 15 is 0 Å². The molecule has 0 radical (unpaired) electrons. The van der Waals surface area contributed by atoms with Crippen LogP contribution < -0.4 is 10.2 Å². The van der Waals surface area contributed by atoms with E-state index < -0.39 is 0 Å². The summed E-state index contributed by atoms with van der Waals surface area (Å²) in [6.07, 6.45) is 2.26. The second kappa shape index (κ2) is 6.17. The topological polar surface area (TPSA) is 28.2 Å². The standard InChI is InChI=1S/C18H23N3/c1-3-11-19-17-9-6-10-18(20-17)21-13-14(2)12-15-7-4-5-8-16(15)21/h4-10,14H,3,11-13H2,1-2H3,(H,19,20). The van der Waals surface area contributed by atoms with Gasteiger partial charge in [0.25, 0.3) is 0 Å². The molecule has 1 aliphatic heterocycles. The van der Waals surface area contributed by atoms with Crippen molar-refractivity contribution in [2.24, 2.45) is 5.92 Å². The van der Waals surface area contributed by atoms with Gasteiger partial charge < -0.3 is 10.2 Å². The van der Waals surface area contributed by atoms with Crippen LogP contribution in [-0.2, 0) is 6.42 Å². The Morgan fingerprint density at radius 2 is 2.05 bits per heavy atom. The number of aromatic nitrogens is 1. The molecule has 2 aromatic rings. The number of rotatable bonds is 4. The predicted octanol–water partition coefficient (Wildman–Crippen LogP) is 4.23. The molecule has 1 aromatic heterocycles. The Hall–Kier alpha value is -2.03. The van der Waals surface area contributed by atoms with Gasteiger partial charge in [-0.2, -0.15) is 0 Å². The zero-order valence-electron chi connectivity index (χ0n) is 12.8. The molecule has 1 unspecified atom stereocenters. The van der Waals surface area contributed by atoms with Crippen LogP contribution in [-0.4, -0.2) is 18.1 Å². The second-order valence-electron chi connectivity index (χ2n) is 5.86. The van der Waals surface area contributed by atoms with Crippen LogP contribution in [0, 0.1) is 5.92 Å². The van der Waals surface area contributed by atoms with Crippen LogP contribution in [0.15, 0.2) is 42.5 Å². The smallest absolute Gasteiger partial charge is 0.135 e. The quantitative estimate of drug-likeness (QED) is 0.908. The van der Waals surface area contributed by atoms with Crippen molar-refractivity contribution in [2.75, 3.05) is 23.3 Å². The van der Waals surface area contributed by atoms with E-state index in [0.717, 1.165) is 37.6 Å². The van der Waals surface area contributed by atoms with Crippen molar-refractivity contribution in [3.8, 4) is 0 Å². The molecule has 3 heteroatoms. The summed E-state index contributed by atoms with van der Waals surface area (Å²) in [6.45, 7) is 6.46. The molecular weight excluding hydrogens is 258 g/mol. The lowest BCUT2D eigenvalue weighted by Crippen LogP contribution is -2.31. The zero-order chi connectivity index (χ0) is 14.7. The Balaban J connectivity index is 1.93. The van der Waals surface area contributed by atoms with Gasteiger partial charge in [-0.1, -0.05) is 38.1 Å². The van der Waals surface area contributed by atoms with E-state index in [1.807, 2.05) is 6.07 Å². The molecule has 3 nitrogen and oxygen atoms in total. The fraction of sp³-hybridized carbons (Fsp3) is 0.389. The minimum atomic E-state index is 0.647. The van der Waals surface area contributed by atoms with Gasteiger partial charge in [-0.25, -0.2) is 4.98 Å². The number of nitrogens with zero attached hydrogens (tertiary/aromatic N) is 2. The molecule has 1 atom stereocenters.